The summed E-state index contributed by atoms with van der Waals surface area (Å²) in [5.74, 6) is -0.211. The number of aromatic nitrogens is 2. The Morgan fingerprint density at radius 3 is 2.43 bits per heavy atom. The summed E-state index contributed by atoms with van der Waals surface area (Å²) < 4.78 is 51.6. The molecule has 0 atom stereocenters. The second kappa shape index (κ2) is 13.9. The molecule has 0 aliphatic heterocycles. The van der Waals surface area contributed by atoms with Gasteiger partial charge >= 0.3 is 13.6 Å². The predicted octanol–water partition coefficient (Wildman–Crippen LogP) is 9.29. The highest BCUT2D eigenvalue weighted by atomic mass is 79.9. The summed E-state index contributed by atoms with van der Waals surface area (Å²) in [7, 11) is -4.57. The molecule has 9 nitrogen and oxygen atoms in total. The number of nitrogens with zero attached hydrogens (tertiary/aromatic N) is 3. The molecule has 0 saturated heterocycles. The summed E-state index contributed by atoms with van der Waals surface area (Å²) >= 11 is 10.8. The molecule has 0 amide bonds. The standard InChI is InChI=1S/C29H20BrClF2N3O6PS/c30-26-12-18(10-11-21(26)17-43(39,41-32)42-33)16-36-29(34-23-7-3-6-22(31)15-23)44-27(35-36)19-4-1-8-24(13-19)40-25-9-2-5-20(14-25)28(37)38/h1-15H,16-17H2,(H,37,38). The molecule has 5 rings (SSSR count). The lowest BCUT2D eigenvalue weighted by Crippen LogP contribution is -2.17. The van der Waals surface area contributed by atoms with Crippen molar-refractivity contribution in [2.24, 2.45) is 4.99 Å². The first kappa shape index (κ1) is 31.7. The van der Waals surface area contributed by atoms with Crippen LogP contribution in [0.25, 0.3) is 10.6 Å². The Morgan fingerprint density at radius 1 is 1.00 bits per heavy atom. The molecule has 0 unspecified atom stereocenters. The van der Waals surface area contributed by atoms with Gasteiger partial charge in [-0.05, 0) is 74.8 Å². The highest BCUT2D eigenvalue weighted by molar-refractivity contribution is 9.10. The lowest BCUT2D eigenvalue weighted by atomic mass is 10.1. The molecular formula is C29H20BrClF2N3O6PS. The van der Waals surface area contributed by atoms with Crippen LogP contribution in [-0.4, -0.2) is 20.9 Å². The third kappa shape index (κ3) is 7.86. The largest absolute Gasteiger partial charge is 0.478 e. The van der Waals surface area contributed by atoms with E-state index >= 15 is 0 Å². The van der Waals surface area contributed by atoms with E-state index in [1.54, 1.807) is 77.5 Å². The van der Waals surface area contributed by atoms with Gasteiger partial charge in [-0.25, -0.2) is 14.5 Å². The van der Waals surface area contributed by atoms with Crippen LogP contribution in [0.15, 0.2) is 100 Å². The van der Waals surface area contributed by atoms with E-state index in [1.165, 1.54) is 23.5 Å². The maximum absolute atomic E-state index is 12.6. The molecule has 4 aromatic carbocycles. The number of halogens is 4. The van der Waals surface area contributed by atoms with Crippen molar-refractivity contribution in [3.05, 3.63) is 122 Å². The molecule has 0 spiro atoms. The average molecular weight is 723 g/mol. The van der Waals surface area contributed by atoms with Gasteiger partial charge in [0.2, 0.25) is 4.80 Å². The van der Waals surface area contributed by atoms with Crippen LogP contribution in [-0.2, 0) is 26.7 Å². The molecule has 0 aliphatic carbocycles. The number of rotatable bonds is 11. The monoisotopic (exact) mass is 721 g/mol. The van der Waals surface area contributed by atoms with Gasteiger partial charge in [0, 0.05) is 15.1 Å². The quantitative estimate of drug-likeness (QED) is 0.135. The first-order valence-electron chi connectivity index (χ1n) is 12.6. The van der Waals surface area contributed by atoms with E-state index < -0.39 is 19.7 Å². The number of carboxylic acids is 1. The van der Waals surface area contributed by atoms with E-state index in [0.717, 1.165) is 11.1 Å². The lowest BCUT2D eigenvalue weighted by molar-refractivity contribution is -0.0881. The molecule has 1 N–H and O–H groups in total. The van der Waals surface area contributed by atoms with Gasteiger partial charge in [0.15, 0.2) is 0 Å². The number of carboxylic acid groups (broad SMARTS) is 1. The second-order valence-corrected chi connectivity index (χ2v) is 13.3. The Bertz CT molecular complexity index is 1950. The molecule has 5 aromatic rings. The zero-order valence-electron chi connectivity index (χ0n) is 22.3. The second-order valence-electron chi connectivity index (χ2n) is 9.23. The van der Waals surface area contributed by atoms with Crippen LogP contribution in [0.3, 0.4) is 0 Å². The van der Waals surface area contributed by atoms with E-state index in [-0.39, 0.29) is 12.1 Å². The molecule has 1 aromatic heterocycles. The van der Waals surface area contributed by atoms with Gasteiger partial charge < -0.3 is 9.84 Å². The highest BCUT2D eigenvalue weighted by Crippen LogP contribution is 2.53. The maximum Gasteiger partial charge on any atom is 0.399 e. The van der Waals surface area contributed by atoms with Crippen molar-refractivity contribution in [3.63, 3.8) is 0 Å². The van der Waals surface area contributed by atoms with Crippen molar-refractivity contribution in [2.45, 2.75) is 12.7 Å². The number of hydrogen-bond donors (Lipinski definition) is 1. The van der Waals surface area contributed by atoms with Gasteiger partial charge in [-0.15, -0.1) is 9.46 Å². The third-order valence-corrected chi connectivity index (χ3v) is 9.19. The third-order valence-electron chi connectivity index (χ3n) is 6.08. The zero-order chi connectivity index (χ0) is 31.3. The Morgan fingerprint density at radius 2 is 1.73 bits per heavy atom. The minimum Gasteiger partial charge on any atom is -0.478 e. The molecule has 0 aliphatic rings. The minimum absolute atomic E-state index is 0.104. The number of carbonyl (C=O) groups is 1. The molecule has 1 heterocycles. The van der Waals surface area contributed by atoms with Crippen molar-refractivity contribution in [1.29, 1.82) is 0 Å². The average Bonchev–Trinajstić information content (AvgIpc) is 3.40. The van der Waals surface area contributed by atoms with Crippen LogP contribution in [0.1, 0.15) is 21.5 Å². The molecule has 226 valence electrons. The maximum atomic E-state index is 12.6. The normalized spacial score (nSPS) is 12.0. The van der Waals surface area contributed by atoms with Crippen LogP contribution in [0.4, 0.5) is 14.7 Å². The van der Waals surface area contributed by atoms with Crippen molar-refractivity contribution in [1.82, 2.24) is 9.78 Å². The van der Waals surface area contributed by atoms with Crippen molar-refractivity contribution in [3.8, 4) is 22.1 Å². The fourth-order valence-corrected chi connectivity index (χ4v) is 6.75. The highest BCUT2D eigenvalue weighted by Gasteiger charge is 2.29. The van der Waals surface area contributed by atoms with E-state index in [0.29, 0.717) is 42.1 Å². The number of benzene rings is 4. The molecule has 15 heteroatoms. The van der Waals surface area contributed by atoms with Crippen LogP contribution in [0.5, 0.6) is 11.5 Å². The topological polar surface area (TPSA) is 112 Å². The van der Waals surface area contributed by atoms with Crippen molar-refractivity contribution >= 4 is 58.1 Å². The van der Waals surface area contributed by atoms with Crippen molar-refractivity contribution < 1.29 is 37.7 Å². The first-order chi connectivity index (χ1) is 21.1. The van der Waals surface area contributed by atoms with E-state index in [2.05, 4.69) is 25.4 Å². The molecule has 0 fully saturated rings. The number of aromatic carboxylic acids is 1. The zero-order valence-corrected chi connectivity index (χ0v) is 26.3. The van der Waals surface area contributed by atoms with Crippen LogP contribution < -0.4 is 9.54 Å². The van der Waals surface area contributed by atoms with Crippen LogP contribution >= 0.6 is 46.5 Å². The van der Waals surface area contributed by atoms with E-state index in [4.69, 9.17) is 26.4 Å². The van der Waals surface area contributed by atoms with Crippen molar-refractivity contribution in [2.75, 3.05) is 0 Å². The van der Waals surface area contributed by atoms with Gasteiger partial charge in [-0.3, -0.25) is 4.57 Å². The molecule has 0 radical (unpaired) electrons. The van der Waals surface area contributed by atoms with Crippen LogP contribution in [0, 0.1) is 0 Å². The summed E-state index contributed by atoms with van der Waals surface area (Å²) in [6.07, 6.45) is -0.622. The van der Waals surface area contributed by atoms with Crippen LogP contribution in [0.2, 0.25) is 5.02 Å². The Balaban J connectivity index is 1.49. The summed E-state index contributed by atoms with van der Waals surface area (Å²) in [6.45, 7) is 0.254. The fraction of sp³-hybridized carbons (Fsp3) is 0.0690. The predicted molar refractivity (Wildman–Crippen MR) is 165 cm³/mol. The van der Waals surface area contributed by atoms with Gasteiger partial charge in [0.1, 0.15) is 16.5 Å². The summed E-state index contributed by atoms with van der Waals surface area (Å²) in [6, 6.07) is 25.3. The molecule has 44 heavy (non-hydrogen) atoms. The fourth-order valence-electron chi connectivity index (χ4n) is 4.05. The van der Waals surface area contributed by atoms with Gasteiger partial charge in [-0.1, -0.05) is 75.3 Å². The molecular weight excluding hydrogens is 703 g/mol. The Hall–Kier alpha value is -3.71. The summed E-state index contributed by atoms with van der Waals surface area (Å²) in [5, 5.41) is 15.2. The van der Waals surface area contributed by atoms with Gasteiger partial charge in [-0.2, -0.15) is 5.10 Å². The lowest BCUT2D eigenvalue weighted by Gasteiger charge is -2.10. The Labute approximate surface area is 266 Å². The van der Waals surface area contributed by atoms with E-state index in [1.807, 2.05) is 6.07 Å². The molecule has 0 saturated carbocycles. The van der Waals surface area contributed by atoms with Gasteiger partial charge in [0.05, 0.1) is 24.0 Å². The minimum atomic E-state index is -4.57. The smallest absolute Gasteiger partial charge is 0.399 e. The Kier molecular flexibility index (Phi) is 10.0. The molecule has 0 bridgehead atoms. The number of hydrogen-bond acceptors (Lipinski definition) is 8. The summed E-state index contributed by atoms with van der Waals surface area (Å²) in [5.41, 5.74) is 2.50. The van der Waals surface area contributed by atoms with Gasteiger partial charge in [0.25, 0.3) is 0 Å². The number of ether oxygens (including phenoxy) is 1. The first-order valence-corrected chi connectivity index (χ1v) is 16.3. The SMILES string of the molecule is O=C(O)c1cccc(Oc2cccc(-c3nn(Cc4ccc(CP(=O)(OF)OF)c(Br)c4)c(=Nc4cccc(Cl)c4)s3)c2)c1. The van der Waals surface area contributed by atoms with E-state index in [9.17, 15) is 23.5 Å². The summed E-state index contributed by atoms with van der Waals surface area (Å²) in [4.78, 5) is 16.6.